The molecule has 0 radical (unpaired) electrons. The molecule has 0 aliphatic carbocycles. The van der Waals surface area contributed by atoms with Crippen LogP contribution in [0.2, 0.25) is 0 Å². The summed E-state index contributed by atoms with van der Waals surface area (Å²) in [4.78, 5) is 23.4. The van der Waals surface area contributed by atoms with Crippen LogP contribution >= 0.6 is 0 Å². The van der Waals surface area contributed by atoms with E-state index in [1.165, 1.54) is 5.57 Å². The number of allylic oxidation sites excluding steroid dienone is 1. The summed E-state index contributed by atoms with van der Waals surface area (Å²) in [5.74, 6) is 0.358. The van der Waals surface area contributed by atoms with Crippen molar-refractivity contribution in [3.05, 3.63) is 71.7 Å². The van der Waals surface area contributed by atoms with Gasteiger partial charge in [0.15, 0.2) is 11.7 Å². The molecule has 1 aromatic carbocycles. The minimum absolute atomic E-state index is 0.0716. The fourth-order valence-electron chi connectivity index (χ4n) is 7.31. The van der Waals surface area contributed by atoms with Crippen LogP contribution in [-0.2, 0) is 9.53 Å². The van der Waals surface area contributed by atoms with E-state index < -0.39 is 0 Å². The summed E-state index contributed by atoms with van der Waals surface area (Å²) in [7, 11) is 1.67. The SMILES string of the molecule is COC/C1=C(\C2CC3CCC(C2)N3C(=O)C(N)=NC=N)CCC(C)c2c(-c3ccc(-c4ccccc4)nc3)cnn2C1=N. The van der Waals surface area contributed by atoms with Crippen molar-refractivity contribution < 1.29 is 9.53 Å². The van der Waals surface area contributed by atoms with Crippen LogP contribution in [0.15, 0.2) is 71.0 Å². The molecule has 10 nitrogen and oxygen atoms in total. The quantitative estimate of drug-likeness (QED) is 0.278. The molecule has 0 saturated carbocycles. The van der Waals surface area contributed by atoms with Crippen molar-refractivity contribution in [3.63, 3.8) is 0 Å². The molecule has 3 aliphatic rings. The molecule has 3 aliphatic heterocycles. The van der Waals surface area contributed by atoms with Gasteiger partial charge in [-0.25, -0.2) is 9.67 Å². The van der Waals surface area contributed by atoms with Crippen LogP contribution in [0.25, 0.3) is 22.4 Å². The Morgan fingerprint density at radius 2 is 1.84 bits per heavy atom. The third-order valence-corrected chi connectivity index (χ3v) is 9.32. The number of aromatic nitrogens is 3. The molecule has 6 rings (SSSR count). The molecule has 2 bridgehead atoms. The number of piperidine rings is 1. The van der Waals surface area contributed by atoms with E-state index in [4.69, 9.17) is 26.0 Å². The molecule has 2 fully saturated rings. The summed E-state index contributed by atoms with van der Waals surface area (Å²) in [6, 6.07) is 14.4. The molecular weight excluding hydrogens is 540 g/mol. The lowest BCUT2D eigenvalue weighted by atomic mass is 9.78. The maximum atomic E-state index is 13.0. The molecule has 1 amide bonds. The molecule has 43 heavy (non-hydrogen) atoms. The number of hydrogen-bond acceptors (Lipinski definition) is 6. The molecule has 3 atom stereocenters. The van der Waals surface area contributed by atoms with E-state index in [0.717, 1.165) is 78.5 Å². The summed E-state index contributed by atoms with van der Waals surface area (Å²) in [5, 5.41) is 21.3. The number of ether oxygens (including phenoxy) is 1. The molecular formula is C33H38N8O2. The first-order valence-electron chi connectivity index (χ1n) is 15.0. The van der Waals surface area contributed by atoms with E-state index in [1.807, 2.05) is 41.6 Å². The predicted molar refractivity (Wildman–Crippen MR) is 167 cm³/mol. The zero-order chi connectivity index (χ0) is 30.1. The van der Waals surface area contributed by atoms with Crippen LogP contribution in [0.3, 0.4) is 0 Å². The lowest BCUT2D eigenvalue weighted by molar-refractivity contribution is -0.128. The number of hydrogen-bond donors (Lipinski definition) is 3. The second-order valence-corrected chi connectivity index (χ2v) is 11.8. The lowest BCUT2D eigenvalue weighted by Crippen LogP contribution is -2.51. The minimum Gasteiger partial charge on any atom is -0.380 e. The third-order valence-electron chi connectivity index (χ3n) is 9.32. The summed E-state index contributed by atoms with van der Waals surface area (Å²) in [6.45, 7) is 2.54. The summed E-state index contributed by atoms with van der Waals surface area (Å²) in [5.41, 5.74) is 13.0. The van der Waals surface area contributed by atoms with E-state index in [0.29, 0.717) is 12.4 Å². The van der Waals surface area contributed by atoms with Gasteiger partial charge in [-0.15, -0.1) is 0 Å². The standard InChI is InChI=1S/C33H38N8O2/c1-20-8-12-26(23-14-24-10-11-25(15-23)40(24)33(42)31(35)38-19-34)28(18-43-2)32(36)41-30(20)27(17-39-41)22-9-13-29(37-16-22)21-6-4-3-5-7-21/h3-7,9,13,16-17,19-20,23-25,36H,8,10-12,14-15,18H2,1-2H3,(H3,34,35,38)/b28-26+,36-32?. The number of pyridine rings is 1. The van der Waals surface area contributed by atoms with E-state index in [-0.39, 0.29) is 35.7 Å². The van der Waals surface area contributed by atoms with Crippen LogP contribution in [0.5, 0.6) is 0 Å². The van der Waals surface area contributed by atoms with Crippen LogP contribution in [0.4, 0.5) is 0 Å². The number of aliphatic imine (C=N–C) groups is 1. The van der Waals surface area contributed by atoms with Crippen molar-refractivity contribution in [1.29, 1.82) is 10.8 Å². The first kappa shape index (κ1) is 28.7. The van der Waals surface area contributed by atoms with Crippen LogP contribution < -0.4 is 5.73 Å². The number of methoxy groups -OCH3 is 1. The Bertz CT molecular complexity index is 1580. The van der Waals surface area contributed by atoms with Gasteiger partial charge in [-0.2, -0.15) is 5.10 Å². The number of benzene rings is 1. The summed E-state index contributed by atoms with van der Waals surface area (Å²) < 4.78 is 7.47. The van der Waals surface area contributed by atoms with Gasteiger partial charge in [0.25, 0.3) is 5.91 Å². The zero-order valence-corrected chi connectivity index (χ0v) is 24.7. The van der Waals surface area contributed by atoms with Gasteiger partial charge in [0, 0.05) is 47.7 Å². The number of nitrogens with one attached hydrogen (secondary N) is 2. The molecule has 2 saturated heterocycles. The van der Waals surface area contributed by atoms with Gasteiger partial charge in [-0.1, -0.05) is 48.9 Å². The second-order valence-electron chi connectivity index (χ2n) is 11.8. The number of carbonyl (C=O) groups is 1. The van der Waals surface area contributed by atoms with Crippen LogP contribution in [0, 0.1) is 16.7 Å². The second kappa shape index (κ2) is 12.0. The maximum Gasteiger partial charge on any atom is 0.289 e. The highest BCUT2D eigenvalue weighted by Gasteiger charge is 2.45. The lowest BCUT2D eigenvalue weighted by Gasteiger charge is -2.41. The van der Waals surface area contributed by atoms with Crippen molar-refractivity contribution in [2.45, 2.75) is 63.5 Å². The largest absolute Gasteiger partial charge is 0.380 e. The van der Waals surface area contributed by atoms with Crippen LogP contribution in [0.1, 0.15) is 57.1 Å². The van der Waals surface area contributed by atoms with Gasteiger partial charge in [0.05, 0.1) is 24.2 Å². The van der Waals surface area contributed by atoms with Gasteiger partial charge in [0.2, 0.25) is 0 Å². The number of amides is 1. The summed E-state index contributed by atoms with van der Waals surface area (Å²) >= 11 is 0. The van der Waals surface area contributed by atoms with Crippen molar-refractivity contribution in [2.75, 3.05) is 13.7 Å². The Morgan fingerprint density at radius 3 is 2.49 bits per heavy atom. The molecule has 10 heteroatoms. The predicted octanol–water partition coefficient (Wildman–Crippen LogP) is 5.01. The normalized spacial score (nSPS) is 25.7. The highest BCUT2D eigenvalue weighted by Crippen LogP contribution is 2.45. The van der Waals surface area contributed by atoms with E-state index in [2.05, 4.69) is 30.1 Å². The highest BCUT2D eigenvalue weighted by molar-refractivity contribution is 6.38. The van der Waals surface area contributed by atoms with Gasteiger partial charge in [0.1, 0.15) is 6.34 Å². The highest BCUT2D eigenvalue weighted by atomic mass is 16.5. The van der Waals surface area contributed by atoms with E-state index in [9.17, 15) is 10.2 Å². The monoisotopic (exact) mass is 578 g/mol. The van der Waals surface area contributed by atoms with Gasteiger partial charge in [-0.3, -0.25) is 20.6 Å². The minimum atomic E-state index is -0.278. The molecule has 0 spiro atoms. The fourth-order valence-corrected chi connectivity index (χ4v) is 7.31. The number of carbonyl (C=O) groups excluding carboxylic acids is 1. The first-order chi connectivity index (χ1) is 20.9. The Hall–Kier alpha value is -4.44. The number of nitrogens with zero attached hydrogens (tertiary/aromatic N) is 5. The maximum absolute atomic E-state index is 13.0. The Morgan fingerprint density at radius 1 is 1.09 bits per heavy atom. The van der Waals surface area contributed by atoms with Crippen molar-refractivity contribution in [2.24, 2.45) is 16.6 Å². The Kier molecular flexibility index (Phi) is 8.03. The number of rotatable bonds is 6. The molecule has 3 unspecified atom stereocenters. The topological polar surface area (TPSA) is 146 Å². The number of fused-ring (bicyclic) bond motifs is 3. The van der Waals surface area contributed by atoms with Crippen molar-refractivity contribution >= 4 is 23.9 Å². The van der Waals surface area contributed by atoms with E-state index in [1.54, 1.807) is 11.8 Å². The first-order valence-corrected chi connectivity index (χ1v) is 15.0. The molecule has 4 N–H and O–H groups in total. The van der Waals surface area contributed by atoms with Gasteiger partial charge >= 0.3 is 0 Å². The average molecular weight is 579 g/mol. The Balaban J connectivity index is 1.31. The molecule has 3 aromatic rings. The van der Waals surface area contributed by atoms with Gasteiger partial charge in [-0.05, 0) is 56.4 Å². The smallest absolute Gasteiger partial charge is 0.289 e. The molecule has 222 valence electrons. The number of nitrogens with two attached hydrogens (primary N) is 1. The third kappa shape index (κ3) is 5.31. The average Bonchev–Trinajstić information content (AvgIpc) is 3.58. The molecule has 2 aromatic heterocycles. The van der Waals surface area contributed by atoms with Crippen molar-refractivity contribution in [1.82, 2.24) is 19.7 Å². The fraction of sp³-hybridized carbons (Fsp3) is 0.394. The molecule has 5 heterocycles. The van der Waals surface area contributed by atoms with E-state index >= 15 is 0 Å². The van der Waals surface area contributed by atoms with Crippen molar-refractivity contribution in [3.8, 4) is 22.4 Å². The summed E-state index contributed by atoms with van der Waals surface area (Å²) in [6.07, 6.45) is 9.84. The Labute approximate surface area is 251 Å². The zero-order valence-electron chi connectivity index (χ0n) is 24.7. The van der Waals surface area contributed by atoms with Gasteiger partial charge < -0.3 is 15.4 Å². The number of amidine groups is 1. The van der Waals surface area contributed by atoms with Crippen LogP contribution in [-0.4, -0.2) is 69.4 Å².